The first-order valence-electron chi connectivity index (χ1n) is 8.30. The third-order valence-electron chi connectivity index (χ3n) is 3.99. The molecule has 1 atom stereocenters. The molecule has 1 aromatic heterocycles. The number of hydrogen-bond donors (Lipinski definition) is 1. The van der Waals surface area contributed by atoms with Gasteiger partial charge in [0.05, 0.1) is 18.9 Å². The van der Waals surface area contributed by atoms with Crippen LogP contribution in [-0.4, -0.2) is 22.7 Å². The van der Waals surface area contributed by atoms with Crippen molar-refractivity contribution in [1.29, 1.82) is 0 Å². The molecular weight excluding hydrogens is 298 g/mol. The lowest BCUT2D eigenvalue weighted by Crippen LogP contribution is -2.32. The topological polar surface area (TPSA) is 36.6 Å². The minimum Gasteiger partial charge on any atom is -0.468 e. The summed E-state index contributed by atoms with van der Waals surface area (Å²) < 4.78 is 5.48. The van der Waals surface area contributed by atoms with Gasteiger partial charge < -0.3 is 9.52 Å². The van der Waals surface area contributed by atoms with Crippen molar-refractivity contribution in [3.05, 3.63) is 95.9 Å². The fourth-order valence-corrected chi connectivity index (χ4v) is 2.90. The highest BCUT2D eigenvalue weighted by Gasteiger charge is 2.14. The molecule has 0 aliphatic carbocycles. The molecule has 124 valence electrons. The third-order valence-corrected chi connectivity index (χ3v) is 3.99. The van der Waals surface area contributed by atoms with Crippen molar-refractivity contribution in [3.63, 3.8) is 0 Å². The van der Waals surface area contributed by atoms with Gasteiger partial charge in [-0.25, -0.2) is 0 Å². The van der Waals surface area contributed by atoms with Crippen LogP contribution in [0, 0.1) is 0 Å². The monoisotopic (exact) mass is 321 g/mol. The van der Waals surface area contributed by atoms with Crippen molar-refractivity contribution in [2.75, 3.05) is 6.54 Å². The second kappa shape index (κ2) is 8.48. The second-order valence-corrected chi connectivity index (χ2v) is 6.08. The summed E-state index contributed by atoms with van der Waals surface area (Å²) in [5, 5.41) is 10.5. The Balaban J connectivity index is 1.64. The summed E-state index contributed by atoms with van der Waals surface area (Å²) in [5.74, 6) is 0.915. The Morgan fingerprint density at radius 3 is 2.08 bits per heavy atom. The first kappa shape index (κ1) is 16.5. The summed E-state index contributed by atoms with van der Waals surface area (Å²) in [5.41, 5.74) is 2.39. The van der Waals surface area contributed by atoms with Gasteiger partial charge in [-0.05, 0) is 29.7 Å². The molecule has 3 aromatic rings. The molecule has 0 saturated heterocycles. The SMILES string of the molecule is OC(Cc1ccccc1)CN(Cc1ccccc1)Cc1ccco1. The standard InChI is InChI=1S/C21H23NO2/c23-20(14-18-8-3-1-4-9-18)16-22(17-21-12-7-13-24-21)15-19-10-5-2-6-11-19/h1-13,20,23H,14-17H2. The van der Waals surface area contributed by atoms with Gasteiger partial charge >= 0.3 is 0 Å². The first-order valence-corrected chi connectivity index (χ1v) is 8.30. The van der Waals surface area contributed by atoms with E-state index in [0.717, 1.165) is 17.9 Å². The zero-order chi connectivity index (χ0) is 16.6. The average Bonchev–Trinajstić information content (AvgIpc) is 3.09. The van der Waals surface area contributed by atoms with Gasteiger partial charge in [-0.3, -0.25) is 4.90 Å². The largest absolute Gasteiger partial charge is 0.468 e. The molecule has 1 heterocycles. The average molecular weight is 321 g/mol. The third kappa shape index (κ3) is 5.08. The minimum absolute atomic E-state index is 0.411. The van der Waals surface area contributed by atoms with Gasteiger partial charge in [-0.1, -0.05) is 60.7 Å². The predicted octanol–water partition coefficient (Wildman–Crippen LogP) is 3.89. The highest BCUT2D eigenvalue weighted by atomic mass is 16.3. The van der Waals surface area contributed by atoms with Crippen LogP contribution in [0.4, 0.5) is 0 Å². The Kier molecular flexibility index (Phi) is 5.83. The Morgan fingerprint density at radius 2 is 1.46 bits per heavy atom. The zero-order valence-corrected chi connectivity index (χ0v) is 13.7. The number of rotatable bonds is 8. The van der Waals surface area contributed by atoms with Crippen molar-refractivity contribution in [2.45, 2.75) is 25.6 Å². The predicted molar refractivity (Wildman–Crippen MR) is 95.4 cm³/mol. The van der Waals surface area contributed by atoms with Crippen LogP contribution in [0.15, 0.2) is 83.5 Å². The first-order chi connectivity index (χ1) is 11.8. The number of hydrogen-bond acceptors (Lipinski definition) is 3. The van der Waals surface area contributed by atoms with Crippen LogP contribution in [-0.2, 0) is 19.5 Å². The molecule has 0 aliphatic rings. The molecule has 0 fully saturated rings. The van der Waals surface area contributed by atoms with Gasteiger partial charge in [0, 0.05) is 13.1 Å². The molecule has 2 aromatic carbocycles. The molecule has 3 rings (SSSR count). The van der Waals surface area contributed by atoms with Crippen LogP contribution >= 0.6 is 0 Å². The van der Waals surface area contributed by atoms with E-state index in [1.54, 1.807) is 6.26 Å². The molecule has 0 spiro atoms. The number of aliphatic hydroxyl groups is 1. The highest BCUT2D eigenvalue weighted by Crippen LogP contribution is 2.13. The van der Waals surface area contributed by atoms with Gasteiger partial charge in [0.25, 0.3) is 0 Å². The molecule has 1 N–H and O–H groups in total. The van der Waals surface area contributed by atoms with E-state index < -0.39 is 6.10 Å². The Morgan fingerprint density at radius 1 is 0.792 bits per heavy atom. The van der Waals surface area contributed by atoms with E-state index in [9.17, 15) is 5.11 Å². The van der Waals surface area contributed by atoms with Crippen LogP contribution < -0.4 is 0 Å². The molecule has 0 saturated carbocycles. The zero-order valence-electron chi connectivity index (χ0n) is 13.7. The van der Waals surface area contributed by atoms with Crippen LogP contribution in [0.3, 0.4) is 0 Å². The minimum atomic E-state index is -0.411. The number of aliphatic hydroxyl groups excluding tert-OH is 1. The van der Waals surface area contributed by atoms with Crippen LogP contribution in [0.25, 0.3) is 0 Å². The quantitative estimate of drug-likeness (QED) is 0.684. The Hall–Kier alpha value is -2.36. The fraction of sp³-hybridized carbons (Fsp3) is 0.238. The summed E-state index contributed by atoms with van der Waals surface area (Å²) in [6.45, 7) is 2.08. The lowest BCUT2D eigenvalue weighted by molar-refractivity contribution is 0.100. The Bertz CT molecular complexity index is 695. The van der Waals surface area contributed by atoms with E-state index in [4.69, 9.17) is 4.42 Å². The van der Waals surface area contributed by atoms with Crippen molar-refractivity contribution in [3.8, 4) is 0 Å². The molecule has 0 aliphatic heterocycles. The van der Waals surface area contributed by atoms with Gasteiger partial charge in [0.15, 0.2) is 0 Å². The van der Waals surface area contributed by atoms with Gasteiger partial charge in [-0.2, -0.15) is 0 Å². The van der Waals surface area contributed by atoms with E-state index in [1.165, 1.54) is 5.56 Å². The van der Waals surface area contributed by atoms with Crippen molar-refractivity contribution < 1.29 is 9.52 Å². The number of furan rings is 1. The molecule has 24 heavy (non-hydrogen) atoms. The summed E-state index contributed by atoms with van der Waals surface area (Å²) >= 11 is 0. The number of benzene rings is 2. The number of nitrogens with zero attached hydrogens (tertiary/aromatic N) is 1. The smallest absolute Gasteiger partial charge is 0.117 e. The second-order valence-electron chi connectivity index (χ2n) is 6.08. The summed E-state index contributed by atoms with van der Waals surface area (Å²) in [6, 6.07) is 24.3. The maximum atomic E-state index is 10.5. The Labute approximate surface area is 143 Å². The molecule has 1 unspecified atom stereocenters. The van der Waals surface area contributed by atoms with Crippen molar-refractivity contribution in [1.82, 2.24) is 4.90 Å². The van der Waals surface area contributed by atoms with Crippen LogP contribution in [0.1, 0.15) is 16.9 Å². The van der Waals surface area contributed by atoms with Gasteiger partial charge in [0.1, 0.15) is 5.76 Å². The molecule has 0 radical (unpaired) electrons. The van der Waals surface area contributed by atoms with Crippen LogP contribution in [0.5, 0.6) is 0 Å². The van der Waals surface area contributed by atoms with E-state index in [0.29, 0.717) is 19.5 Å². The van der Waals surface area contributed by atoms with E-state index in [2.05, 4.69) is 29.2 Å². The van der Waals surface area contributed by atoms with Crippen molar-refractivity contribution in [2.24, 2.45) is 0 Å². The molecular formula is C21H23NO2. The molecule has 0 bridgehead atoms. The summed E-state index contributed by atoms with van der Waals surface area (Å²) in [4.78, 5) is 2.22. The molecule has 0 amide bonds. The van der Waals surface area contributed by atoms with E-state index >= 15 is 0 Å². The summed E-state index contributed by atoms with van der Waals surface area (Å²) in [6.07, 6.45) is 1.94. The maximum Gasteiger partial charge on any atom is 0.117 e. The van der Waals surface area contributed by atoms with Gasteiger partial charge in [-0.15, -0.1) is 0 Å². The fourth-order valence-electron chi connectivity index (χ4n) is 2.90. The lowest BCUT2D eigenvalue weighted by atomic mass is 10.1. The molecule has 3 nitrogen and oxygen atoms in total. The lowest BCUT2D eigenvalue weighted by Gasteiger charge is -2.24. The highest BCUT2D eigenvalue weighted by molar-refractivity contribution is 5.16. The van der Waals surface area contributed by atoms with Crippen molar-refractivity contribution >= 4 is 0 Å². The molecule has 3 heteroatoms. The van der Waals surface area contributed by atoms with E-state index in [-0.39, 0.29) is 0 Å². The maximum absolute atomic E-state index is 10.5. The van der Waals surface area contributed by atoms with E-state index in [1.807, 2.05) is 48.5 Å². The van der Waals surface area contributed by atoms with Gasteiger partial charge in [0.2, 0.25) is 0 Å². The van der Waals surface area contributed by atoms with Crippen LogP contribution in [0.2, 0.25) is 0 Å². The summed E-state index contributed by atoms with van der Waals surface area (Å²) in [7, 11) is 0. The normalized spacial score (nSPS) is 12.4.